The largest absolute Gasteiger partial charge is 0.504 e. The summed E-state index contributed by atoms with van der Waals surface area (Å²) >= 11 is 0. The van der Waals surface area contributed by atoms with Crippen LogP contribution in [0.25, 0.3) is 11.1 Å². The third kappa shape index (κ3) is 3.93. The average Bonchev–Trinajstić information content (AvgIpc) is 3.07. The maximum absolute atomic E-state index is 13.5. The van der Waals surface area contributed by atoms with Crippen LogP contribution in [0.2, 0.25) is 0 Å². The van der Waals surface area contributed by atoms with Crippen LogP contribution >= 0.6 is 0 Å². The van der Waals surface area contributed by atoms with E-state index in [2.05, 4.69) is 23.9 Å². The van der Waals surface area contributed by atoms with Gasteiger partial charge in [-0.2, -0.15) is 0 Å². The molecule has 2 aromatic rings. The summed E-state index contributed by atoms with van der Waals surface area (Å²) in [7, 11) is 10.4. The number of methoxy groups -OCH3 is 4. The lowest BCUT2D eigenvalue weighted by atomic mass is 9.52. The van der Waals surface area contributed by atoms with Gasteiger partial charge in [-0.25, -0.2) is 0 Å². The topological polar surface area (TPSA) is 118 Å². The molecule has 2 saturated heterocycles. The lowest BCUT2D eigenvalue weighted by Gasteiger charge is -2.57. The second-order valence-electron chi connectivity index (χ2n) is 14.7. The highest BCUT2D eigenvalue weighted by molar-refractivity contribution is 5.97. The van der Waals surface area contributed by atoms with E-state index in [1.807, 2.05) is 24.3 Å². The third-order valence-electron chi connectivity index (χ3n) is 13.0. The first-order valence-corrected chi connectivity index (χ1v) is 16.9. The number of phenols is 2. The Morgan fingerprint density at radius 3 is 1.42 bits per heavy atom. The van der Waals surface area contributed by atoms with Gasteiger partial charge in [0.25, 0.3) is 0 Å². The second kappa shape index (κ2) is 10.7. The number of rotatable bonds is 5. The number of ketones is 2. The Labute approximate surface area is 280 Å². The Morgan fingerprint density at radius 1 is 0.667 bits per heavy atom. The predicted octanol–water partition coefficient (Wildman–Crippen LogP) is 4.02. The number of nitrogens with zero attached hydrogens (tertiary/aromatic N) is 2. The van der Waals surface area contributed by atoms with E-state index in [0.29, 0.717) is 48.7 Å². The molecule has 6 atom stereocenters. The molecule has 0 saturated carbocycles. The summed E-state index contributed by atoms with van der Waals surface area (Å²) < 4.78 is 22.8. The molecule has 4 aliphatic carbocycles. The number of likely N-dealkylation sites (N-methyl/N-ethyl adjacent to an activating group) is 2. The number of phenolic OH excluding ortho intramolecular Hbond substituents is 2. The van der Waals surface area contributed by atoms with Crippen molar-refractivity contribution in [3.05, 3.63) is 58.1 Å². The molecular formula is C38H44N2O8. The number of allylic oxidation sites excluding steroid dienone is 2. The van der Waals surface area contributed by atoms with Gasteiger partial charge < -0.3 is 39.0 Å². The summed E-state index contributed by atoms with van der Waals surface area (Å²) in [6.45, 7) is 1.59. The molecule has 2 aliphatic heterocycles. The van der Waals surface area contributed by atoms with Gasteiger partial charge in [0.05, 0.1) is 28.4 Å². The summed E-state index contributed by atoms with van der Waals surface area (Å²) in [5, 5.41) is 24.0. The van der Waals surface area contributed by atoms with Crippen LogP contribution in [0.5, 0.6) is 23.0 Å². The number of piperidine rings is 2. The third-order valence-corrected chi connectivity index (χ3v) is 13.0. The molecule has 254 valence electrons. The Morgan fingerprint density at radius 2 is 1.06 bits per heavy atom. The Hall–Kier alpha value is -4.02. The zero-order valence-corrected chi connectivity index (χ0v) is 28.5. The average molecular weight is 657 g/mol. The number of carbonyl (C=O) groups excluding carboxylic acids is 2. The fourth-order valence-electron chi connectivity index (χ4n) is 10.7. The lowest BCUT2D eigenvalue weighted by Crippen LogP contribution is -2.60. The predicted molar refractivity (Wildman–Crippen MR) is 178 cm³/mol. The second-order valence-corrected chi connectivity index (χ2v) is 14.7. The maximum atomic E-state index is 13.5. The normalized spacial score (nSPS) is 32.2. The van der Waals surface area contributed by atoms with Crippen molar-refractivity contribution in [2.75, 3.05) is 55.6 Å². The van der Waals surface area contributed by atoms with E-state index in [1.165, 1.54) is 0 Å². The van der Waals surface area contributed by atoms with Crippen molar-refractivity contribution in [3.8, 4) is 34.1 Å². The molecular weight excluding hydrogens is 612 g/mol. The Balaban J connectivity index is 1.43. The minimum absolute atomic E-state index is 0.0341. The standard InChI is InChI=1S/C38H44N2O8/c1-39-9-7-37-17-27(41)29(45-3)15-23(37)25(39)11-21-19(13-31(47-5)35(43)33(21)37)20-14-32(48-6)36(44)34-22(20)12-26-24-16-30(46-4)28(42)18-38(24,34)8-10-40(26)2/h13-16,23-26,43-44H,7-12,17-18H2,1-6H3/t23-,24-,25-,26-,37+,38+/m1/s1. The van der Waals surface area contributed by atoms with Gasteiger partial charge in [0.1, 0.15) is 0 Å². The van der Waals surface area contributed by atoms with Crippen LogP contribution in [0.4, 0.5) is 0 Å². The molecule has 2 aromatic carbocycles. The van der Waals surface area contributed by atoms with Gasteiger partial charge in [0, 0.05) is 58.7 Å². The van der Waals surface area contributed by atoms with Crippen molar-refractivity contribution in [1.82, 2.24) is 9.80 Å². The zero-order chi connectivity index (χ0) is 33.9. The number of benzene rings is 2. The van der Waals surface area contributed by atoms with Gasteiger partial charge in [-0.15, -0.1) is 0 Å². The summed E-state index contributed by atoms with van der Waals surface area (Å²) in [6.07, 6.45) is 7.11. The van der Waals surface area contributed by atoms with Crippen LogP contribution in [0.1, 0.15) is 47.9 Å². The maximum Gasteiger partial charge on any atom is 0.197 e. The molecule has 4 bridgehead atoms. The molecule has 8 rings (SSSR count). The number of likely N-dealkylation sites (tertiary alicyclic amines) is 2. The van der Waals surface area contributed by atoms with E-state index in [0.717, 1.165) is 46.5 Å². The molecule has 2 N–H and O–H groups in total. The summed E-state index contributed by atoms with van der Waals surface area (Å²) in [6, 6.07) is 3.97. The summed E-state index contributed by atoms with van der Waals surface area (Å²) in [5.41, 5.74) is 4.05. The quantitative estimate of drug-likeness (QED) is 0.489. The van der Waals surface area contributed by atoms with Crippen LogP contribution in [-0.2, 0) is 42.7 Å². The van der Waals surface area contributed by atoms with Crippen molar-refractivity contribution in [3.63, 3.8) is 0 Å². The molecule has 6 aliphatic rings. The van der Waals surface area contributed by atoms with Crippen molar-refractivity contribution >= 4 is 11.6 Å². The number of hydrogen-bond acceptors (Lipinski definition) is 10. The SMILES string of the molecule is COC1=C[C@@H]2[C@H]3Cc4c(-c5cc(OC)c(O)c6c5C[C@@H]5[C@H]7C=C(OC)C(=O)C[C@]67CCN5C)cc(OC)c(O)c4[C@@]2(CCN3C)CC1=O. The van der Waals surface area contributed by atoms with Crippen LogP contribution in [0.15, 0.2) is 35.8 Å². The minimum Gasteiger partial charge on any atom is -0.504 e. The lowest BCUT2D eigenvalue weighted by molar-refractivity contribution is -0.123. The highest BCUT2D eigenvalue weighted by Gasteiger charge is 2.59. The van der Waals surface area contributed by atoms with Crippen LogP contribution < -0.4 is 9.47 Å². The summed E-state index contributed by atoms with van der Waals surface area (Å²) in [5.74, 6) is 1.41. The molecule has 48 heavy (non-hydrogen) atoms. The monoisotopic (exact) mass is 656 g/mol. The van der Waals surface area contributed by atoms with Gasteiger partial charge in [0.15, 0.2) is 46.1 Å². The van der Waals surface area contributed by atoms with Crippen molar-refractivity contribution in [1.29, 1.82) is 0 Å². The van der Waals surface area contributed by atoms with Gasteiger partial charge in [0.2, 0.25) is 0 Å². The van der Waals surface area contributed by atoms with Crippen molar-refractivity contribution in [2.24, 2.45) is 11.8 Å². The number of fused-ring (bicyclic) bond motifs is 2. The minimum atomic E-state index is -0.629. The zero-order valence-electron chi connectivity index (χ0n) is 28.5. The van der Waals surface area contributed by atoms with Gasteiger partial charge in [-0.05, 0) is 99.4 Å². The number of ether oxygens (including phenoxy) is 4. The molecule has 0 radical (unpaired) electrons. The van der Waals surface area contributed by atoms with E-state index in [-0.39, 0.29) is 59.8 Å². The first-order chi connectivity index (χ1) is 23.0. The Kier molecular flexibility index (Phi) is 6.99. The van der Waals surface area contributed by atoms with Gasteiger partial charge >= 0.3 is 0 Å². The number of Topliss-reactive ketones (excluding diaryl/α,β-unsaturated/α-hetero) is 2. The highest BCUT2D eigenvalue weighted by atomic mass is 16.5. The van der Waals surface area contributed by atoms with E-state index < -0.39 is 10.8 Å². The first-order valence-electron chi connectivity index (χ1n) is 16.9. The van der Waals surface area contributed by atoms with Gasteiger partial charge in [-0.3, -0.25) is 9.59 Å². The number of carbonyl (C=O) groups is 2. The smallest absolute Gasteiger partial charge is 0.197 e. The summed E-state index contributed by atoms with van der Waals surface area (Å²) in [4.78, 5) is 31.8. The van der Waals surface area contributed by atoms with Crippen LogP contribution in [0.3, 0.4) is 0 Å². The number of hydrogen-bond donors (Lipinski definition) is 2. The van der Waals surface area contributed by atoms with Gasteiger partial charge in [-0.1, -0.05) is 0 Å². The molecule has 0 aromatic heterocycles. The molecule has 0 spiro atoms. The molecule has 10 heteroatoms. The van der Waals surface area contributed by atoms with Crippen molar-refractivity contribution in [2.45, 2.75) is 61.4 Å². The molecule has 0 unspecified atom stereocenters. The fourth-order valence-corrected chi connectivity index (χ4v) is 10.7. The molecule has 0 amide bonds. The Bertz CT molecular complexity index is 1700. The fraction of sp³-hybridized carbons (Fsp3) is 0.526. The van der Waals surface area contributed by atoms with E-state index >= 15 is 0 Å². The van der Waals surface area contributed by atoms with E-state index in [9.17, 15) is 19.8 Å². The first kappa shape index (κ1) is 31.3. The highest BCUT2D eigenvalue weighted by Crippen LogP contribution is 2.63. The van der Waals surface area contributed by atoms with Crippen LogP contribution in [-0.4, -0.2) is 99.3 Å². The molecule has 2 heterocycles. The number of aromatic hydroxyl groups is 2. The van der Waals surface area contributed by atoms with Crippen LogP contribution in [0, 0.1) is 11.8 Å². The van der Waals surface area contributed by atoms with E-state index in [4.69, 9.17) is 18.9 Å². The molecule has 10 nitrogen and oxygen atoms in total. The molecule has 2 fully saturated rings. The van der Waals surface area contributed by atoms with Crippen molar-refractivity contribution < 1.29 is 38.7 Å². The van der Waals surface area contributed by atoms with E-state index in [1.54, 1.807) is 28.4 Å².